The first-order valence-electron chi connectivity index (χ1n) is 5.62. The van der Waals surface area contributed by atoms with Crippen molar-refractivity contribution in [2.45, 2.75) is 13.0 Å². The highest BCUT2D eigenvalue weighted by Gasteiger charge is 2.12. The predicted molar refractivity (Wildman–Crippen MR) is 79.3 cm³/mol. The summed E-state index contributed by atoms with van der Waals surface area (Å²) >= 11 is 5.25. The molecule has 5 heteroatoms. The second kappa shape index (κ2) is 5.82. The van der Waals surface area contributed by atoms with Crippen molar-refractivity contribution in [2.75, 3.05) is 14.2 Å². The van der Waals surface area contributed by atoms with E-state index in [1.54, 1.807) is 18.4 Å². The van der Waals surface area contributed by atoms with E-state index < -0.39 is 0 Å². The highest BCUT2D eigenvalue weighted by atomic mass is 79.9. The van der Waals surface area contributed by atoms with Crippen molar-refractivity contribution in [1.29, 1.82) is 0 Å². The second-order valence-electron chi connectivity index (χ2n) is 3.92. The van der Waals surface area contributed by atoms with Crippen LogP contribution in [0.2, 0.25) is 0 Å². The molecule has 0 saturated heterocycles. The van der Waals surface area contributed by atoms with E-state index in [-0.39, 0.29) is 0 Å². The Morgan fingerprint density at radius 1 is 1.44 bits per heavy atom. The molecular weight excluding hydrogens is 312 g/mol. The summed E-state index contributed by atoms with van der Waals surface area (Å²) in [5.41, 5.74) is 1.06. The molecule has 1 aromatic heterocycles. The largest absolute Gasteiger partial charge is 0.497 e. The maximum atomic E-state index is 5.25. The van der Waals surface area contributed by atoms with Crippen molar-refractivity contribution >= 4 is 27.3 Å². The van der Waals surface area contributed by atoms with Crippen LogP contribution in [-0.2, 0) is 0 Å². The number of aromatic nitrogens is 1. The summed E-state index contributed by atoms with van der Waals surface area (Å²) in [4.78, 5) is 5.71. The van der Waals surface area contributed by atoms with E-state index in [1.165, 1.54) is 4.88 Å². The molecule has 1 N–H and O–H groups in total. The SMILES string of the molecule is CNC(C)c1cnc(-c2cc(OC)ccc2Br)s1. The van der Waals surface area contributed by atoms with Crippen LogP contribution in [0.5, 0.6) is 5.75 Å². The number of nitrogens with zero attached hydrogens (tertiary/aromatic N) is 1. The summed E-state index contributed by atoms with van der Waals surface area (Å²) < 4.78 is 6.28. The lowest BCUT2D eigenvalue weighted by Crippen LogP contribution is -2.10. The van der Waals surface area contributed by atoms with Crippen molar-refractivity contribution in [3.8, 4) is 16.3 Å². The molecule has 1 aromatic carbocycles. The minimum absolute atomic E-state index is 0.320. The molecule has 0 aliphatic heterocycles. The van der Waals surface area contributed by atoms with E-state index in [2.05, 4.69) is 33.2 Å². The van der Waals surface area contributed by atoms with E-state index in [4.69, 9.17) is 4.74 Å². The number of halogens is 1. The highest BCUT2D eigenvalue weighted by molar-refractivity contribution is 9.10. The lowest BCUT2D eigenvalue weighted by Gasteiger charge is -2.06. The maximum absolute atomic E-state index is 5.25. The third-order valence-corrected chi connectivity index (χ3v) is 4.69. The third-order valence-electron chi connectivity index (χ3n) is 2.79. The number of ether oxygens (including phenoxy) is 1. The Kier molecular flexibility index (Phi) is 4.37. The molecule has 18 heavy (non-hydrogen) atoms. The molecule has 1 atom stereocenters. The number of nitrogens with one attached hydrogen (secondary N) is 1. The number of rotatable bonds is 4. The Morgan fingerprint density at radius 2 is 2.22 bits per heavy atom. The Morgan fingerprint density at radius 3 is 2.89 bits per heavy atom. The van der Waals surface area contributed by atoms with Gasteiger partial charge in [0.2, 0.25) is 0 Å². The minimum atomic E-state index is 0.320. The molecule has 1 heterocycles. The van der Waals surface area contributed by atoms with E-state index >= 15 is 0 Å². The fourth-order valence-corrected chi connectivity index (χ4v) is 3.12. The molecule has 1 unspecified atom stereocenters. The average Bonchev–Trinajstić information content (AvgIpc) is 2.88. The highest BCUT2D eigenvalue weighted by Crippen LogP contribution is 2.35. The normalized spacial score (nSPS) is 12.4. The summed E-state index contributed by atoms with van der Waals surface area (Å²) in [6, 6.07) is 6.23. The van der Waals surface area contributed by atoms with E-state index in [1.807, 2.05) is 31.4 Å². The molecule has 0 radical (unpaired) electrons. The van der Waals surface area contributed by atoms with Crippen molar-refractivity contribution in [2.24, 2.45) is 0 Å². The van der Waals surface area contributed by atoms with Crippen molar-refractivity contribution in [3.05, 3.63) is 33.7 Å². The predicted octanol–water partition coefficient (Wildman–Crippen LogP) is 3.86. The van der Waals surface area contributed by atoms with E-state index in [0.717, 1.165) is 20.8 Å². The first-order chi connectivity index (χ1) is 8.65. The molecule has 3 nitrogen and oxygen atoms in total. The van der Waals surface area contributed by atoms with Gasteiger partial charge in [0.25, 0.3) is 0 Å². The molecule has 96 valence electrons. The van der Waals surface area contributed by atoms with Crippen LogP contribution in [0.4, 0.5) is 0 Å². The van der Waals surface area contributed by atoms with E-state index in [9.17, 15) is 0 Å². The average molecular weight is 327 g/mol. The van der Waals surface area contributed by atoms with E-state index in [0.29, 0.717) is 6.04 Å². The van der Waals surface area contributed by atoms with Crippen LogP contribution in [0.1, 0.15) is 17.8 Å². The lowest BCUT2D eigenvalue weighted by atomic mass is 10.2. The smallest absolute Gasteiger partial charge is 0.124 e. The summed E-state index contributed by atoms with van der Waals surface area (Å²) in [7, 11) is 3.62. The number of methoxy groups -OCH3 is 1. The van der Waals surface area contributed by atoms with Crippen LogP contribution in [0.3, 0.4) is 0 Å². The molecule has 0 aliphatic rings. The molecule has 0 aliphatic carbocycles. The van der Waals surface area contributed by atoms with Gasteiger partial charge < -0.3 is 10.1 Å². The van der Waals surface area contributed by atoms with Crippen LogP contribution >= 0.6 is 27.3 Å². The van der Waals surface area contributed by atoms with Gasteiger partial charge in [-0.15, -0.1) is 11.3 Å². The van der Waals surface area contributed by atoms with Crippen LogP contribution in [0.15, 0.2) is 28.9 Å². The summed E-state index contributed by atoms with van der Waals surface area (Å²) in [6.07, 6.45) is 1.92. The Bertz CT molecular complexity index is 542. The molecule has 0 spiro atoms. The van der Waals surface area contributed by atoms with Gasteiger partial charge in [-0.3, -0.25) is 0 Å². The summed E-state index contributed by atoms with van der Waals surface area (Å²) in [5.74, 6) is 0.839. The minimum Gasteiger partial charge on any atom is -0.497 e. The topological polar surface area (TPSA) is 34.2 Å². The molecule has 0 fully saturated rings. The monoisotopic (exact) mass is 326 g/mol. The number of benzene rings is 1. The first kappa shape index (κ1) is 13.5. The zero-order valence-electron chi connectivity index (χ0n) is 10.5. The zero-order chi connectivity index (χ0) is 13.1. The Labute approximate surface area is 119 Å². The van der Waals surface area contributed by atoms with Crippen molar-refractivity contribution < 1.29 is 4.74 Å². The van der Waals surface area contributed by atoms with Gasteiger partial charge in [-0.25, -0.2) is 4.98 Å². The lowest BCUT2D eigenvalue weighted by molar-refractivity contribution is 0.415. The fraction of sp³-hybridized carbons (Fsp3) is 0.308. The molecule has 0 bridgehead atoms. The standard InChI is InChI=1S/C13H15BrN2OS/c1-8(15-2)12-7-16-13(18-12)10-6-9(17-3)4-5-11(10)14/h4-8,15H,1-3H3. The van der Waals surface area contributed by atoms with Gasteiger partial charge in [0, 0.05) is 27.2 Å². The van der Waals surface area contributed by atoms with Crippen LogP contribution < -0.4 is 10.1 Å². The van der Waals surface area contributed by atoms with Gasteiger partial charge in [0.05, 0.1) is 7.11 Å². The molecule has 0 amide bonds. The van der Waals surface area contributed by atoms with Gasteiger partial charge in [0.1, 0.15) is 10.8 Å². The molecule has 2 aromatic rings. The second-order valence-corrected chi connectivity index (χ2v) is 5.84. The van der Waals surface area contributed by atoms with Crippen molar-refractivity contribution in [1.82, 2.24) is 10.3 Å². The quantitative estimate of drug-likeness (QED) is 0.926. The maximum Gasteiger partial charge on any atom is 0.124 e. The molecule has 0 saturated carbocycles. The van der Waals surface area contributed by atoms with Gasteiger partial charge in [-0.05, 0) is 32.2 Å². The number of hydrogen-bond donors (Lipinski definition) is 1. The van der Waals surface area contributed by atoms with Gasteiger partial charge in [0.15, 0.2) is 0 Å². The Hall–Kier alpha value is -0.910. The van der Waals surface area contributed by atoms with Crippen LogP contribution in [0, 0.1) is 0 Å². The fourth-order valence-electron chi connectivity index (χ4n) is 1.55. The van der Waals surface area contributed by atoms with Crippen LogP contribution in [-0.4, -0.2) is 19.1 Å². The first-order valence-corrected chi connectivity index (χ1v) is 7.23. The summed E-state index contributed by atoms with van der Waals surface area (Å²) in [5, 5.41) is 4.22. The van der Waals surface area contributed by atoms with Crippen molar-refractivity contribution in [3.63, 3.8) is 0 Å². The molecular formula is C13H15BrN2OS. The summed E-state index contributed by atoms with van der Waals surface area (Å²) in [6.45, 7) is 2.12. The Balaban J connectivity index is 2.39. The number of thiazole rings is 1. The number of hydrogen-bond acceptors (Lipinski definition) is 4. The van der Waals surface area contributed by atoms with Gasteiger partial charge >= 0.3 is 0 Å². The van der Waals surface area contributed by atoms with Gasteiger partial charge in [-0.1, -0.05) is 15.9 Å². The van der Waals surface area contributed by atoms with Gasteiger partial charge in [-0.2, -0.15) is 0 Å². The zero-order valence-corrected chi connectivity index (χ0v) is 12.9. The third kappa shape index (κ3) is 2.74. The molecule has 2 rings (SSSR count). The van der Waals surface area contributed by atoms with Crippen LogP contribution in [0.25, 0.3) is 10.6 Å².